The Morgan fingerprint density at radius 1 is 1.33 bits per heavy atom. The summed E-state index contributed by atoms with van der Waals surface area (Å²) in [6.07, 6.45) is -3.36. The second-order valence-electron chi connectivity index (χ2n) is 5.51. The van der Waals surface area contributed by atoms with Crippen LogP contribution < -0.4 is 0 Å². The summed E-state index contributed by atoms with van der Waals surface area (Å²) in [5, 5.41) is 3.79. The SMILES string of the molecule is Cc1nn(COCC[Si](C)(C)C)cc1C(F)(F)F. The van der Waals surface area contributed by atoms with Crippen molar-refractivity contribution in [3.63, 3.8) is 0 Å². The molecule has 0 atom stereocenters. The van der Waals surface area contributed by atoms with E-state index in [1.54, 1.807) is 0 Å². The van der Waals surface area contributed by atoms with Crippen LogP contribution in [0, 0.1) is 6.92 Å². The Labute approximate surface area is 106 Å². The third kappa shape index (κ3) is 4.81. The van der Waals surface area contributed by atoms with Gasteiger partial charge in [-0.05, 0) is 13.0 Å². The molecule has 1 rings (SSSR count). The van der Waals surface area contributed by atoms with E-state index in [4.69, 9.17) is 4.74 Å². The quantitative estimate of drug-likeness (QED) is 0.609. The molecule has 0 aromatic carbocycles. The second kappa shape index (κ2) is 5.44. The zero-order chi connectivity index (χ0) is 14.0. The van der Waals surface area contributed by atoms with Crippen LogP contribution >= 0.6 is 0 Å². The third-order valence-corrected chi connectivity index (χ3v) is 4.18. The minimum atomic E-state index is -4.35. The van der Waals surface area contributed by atoms with Gasteiger partial charge in [0.2, 0.25) is 0 Å². The van der Waals surface area contributed by atoms with Crippen molar-refractivity contribution in [3.05, 3.63) is 17.5 Å². The Kier molecular flexibility index (Phi) is 4.60. The van der Waals surface area contributed by atoms with Gasteiger partial charge in [0.25, 0.3) is 0 Å². The van der Waals surface area contributed by atoms with Crippen molar-refractivity contribution in [1.82, 2.24) is 9.78 Å². The number of hydrogen-bond donors (Lipinski definition) is 0. The summed E-state index contributed by atoms with van der Waals surface area (Å²) in [5.41, 5.74) is -0.715. The first kappa shape index (κ1) is 15.2. The van der Waals surface area contributed by atoms with Gasteiger partial charge in [0.1, 0.15) is 6.73 Å². The van der Waals surface area contributed by atoms with Gasteiger partial charge in [0.05, 0.1) is 11.3 Å². The summed E-state index contributed by atoms with van der Waals surface area (Å²) in [6, 6.07) is 0.985. The molecule has 0 saturated heterocycles. The summed E-state index contributed by atoms with van der Waals surface area (Å²) in [4.78, 5) is 0. The molecule has 18 heavy (non-hydrogen) atoms. The molecule has 104 valence electrons. The van der Waals surface area contributed by atoms with Gasteiger partial charge in [0.15, 0.2) is 0 Å². The predicted octanol–water partition coefficient (Wildman–Crippen LogP) is 3.52. The topological polar surface area (TPSA) is 27.1 Å². The van der Waals surface area contributed by atoms with E-state index in [1.165, 1.54) is 11.6 Å². The zero-order valence-corrected chi connectivity index (χ0v) is 12.1. The molecule has 0 radical (unpaired) electrons. The van der Waals surface area contributed by atoms with E-state index in [9.17, 15) is 13.2 Å². The Morgan fingerprint density at radius 3 is 2.39 bits per heavy atom. The molecule has 1 aromatic heterocycles. The van der Waals surface area contributed by atoms with Gasteiger partial charge >= 0.3 is 6.18 Å². The van der Waals surface area contributed by atoms with Crippen molar-refractivity contribution in [3.8, 4) is 0 Å². The van der Waals surface area contributed by atoms with Crippen LogP contribution in [-0.4, -0.2) is 24.5 Å². The minimum Gasteiger partial charge on any atom is -0.360 e. The zero-order valence-electron chi connectivity index (χ0n) is 11.1. The number of ether oxygens (including phenoxy) is 1. The van der Waals surface area contributed by atoms with E-state index < -0.39 is 19.8 Å². The van der Waals surface area contributed by atoms with Crippen molar-refractivity contribution in [2.24, 2.45) is 0 Å². The number of aromatic nitrogens is 2. The van der Waals surface area contributed by atoms with Crippen LogP contribution in [0.25, 0.3) is 0 Å². The Balaban J connectivity index is 2.50. The van der Waals surface area contributed by atoms with Crippen molar-refractivity contribution in [2.45, 2.75) is 45.5 Å². The number of hydrogen-bond acceptors (Lipinski definition) is 2. The van der Waals surface area contributed by atoms with Gasteiger partial charge in [-0.3, -0.25) is 0 Å². The molecule has 0 N–H and O–H groups in total. The van der Waals surface area contributed by atoms with Crippen molar-refractivity contribution >= 4 is 8.07 Å². The van der Waals surface area contributed by atoms with E-state index >= 15 is 0 Å². The molecule has 0 bridgehead atoms. The maximum atomic E-state index is 12.5. The molecular weight excluding hydrogens is 261 g/mol. The standard InChI is InChI=1S/C11H19F3N2OSi/c1-9-10(11(12,13)14)7-16(15-9)8-17-5-6-18(2,3)4/h7H,5-6,8H2,1-4H3. The number of aryl methyl sites for hydroxylation is 1. The van der Waals surface area contributed by atoms with Crippen molar-refractivity contribution < 1.29 is 17.9 Å². The van der Waals surface area contributed by atoms with Gasteiger partial charge < -0.3 is 4.74 Å². The summed E-state index contributed by atoms with van der Waals surface area (Å²) in [7, 11) is -1.17. The predicted molar refractivity (Wildman–Crippen MR) is 66.1 cm³/mol. The van der Waals surface area contributed by atoms with Crippen LogP contribution in [-0.2, 0) is 17.6 Å². The van der Waals surface area contributed by atoms with Crippen LogP contribution in [0.4, 0.5) is 13.2 Å². The second-order valence-corrected chi connectivity index (χ2v) is 11.1. The van der Waals surface area contributed by atoms with Crippen LogP contribution in [0.5, 0.6) is 0 Å². The molecule has 1 heterocycles. The molecule has 0 aliphatic rings. The molecular formula is C11H19F3N2OSi. The third-order valence-electron chi connectivity index (χ3n) is 2.47. The highest BCUT2D eigenvalue weighted by Crippen LogP contribution is 2.31. The van der Waals surface area contributed by atoms with Gasteiger partial charge in [-0.1, -0.05) is 19.6 Å². The van der Waals surface area contributed by atoms with Crippen LogP contribution in [0.3, 0.4) is 0 Å². The molecule has 0 amide bonds. The lowest BCUT2D eigenvalue weighted by Crippen LogP contribution is -2.22. The van der Waals surface area contributed by atoms with Gasteiger partial charge in [0, 0.05) is 20.9 Å². The van der Waals surface area contributed by atoms with Crippen LogP contribution in [0.15, 0.2) is 6.20 Å². The minimum absolute atomic E-state index is 0.0173. The lowest BCUT2D eigenvalue weighted by Gasteiger charge is -2.15. The van der Waals surface area contributed by atoms with Gasteiger partial charge in [-0.25, -0.2) is 4.68 Å². The van der Waals surface area contributed by atoms with Crippen molar-refractivity contribution in [1.29, 1.82) is 0 Å². The highest BCUT2D eigenvalue weighted by Gasteiger charge is 2.34. The lowest BCUT2D eigenvalue weighted by atomic mass is 10.3. The average molecular weight is 280 g/mol. The molecule has 0 aliphatic heterocycles. The number of halogens is 3. The largest absolute Gasteiger partial charge is 0.419 e. The van der Waals surface area contributed by atoms with Crippen LogP contribution in [0.2, 0.25) is 25.7 Å². The van der Waals surface area contributed by atoms with Crippen LogP contribution in [0.1, 0.15) is 11.3 Å². The molecule has 0 saturated carbocycles. The summed E-state index contributed by atoms with van der Waals surface area (Å²) in [6.45, 7) is 8.64. The molecule has 0 fully saturated rings. The molecule has 0 aliphatic carbocycles. The van der Waals surface area contributed by atoms with E-state index in [-0.39, 0.29) is 12.4 Å². The molecule has 0 unspecified atom stereocenters. The van der Waals surface area contributed by atoms with Gasteiger partial charge in [-0.2, -0.15) is 18.3 Å². The number of nitrogens with zero attached hydrogens (tertiary/aromatic N) is 2. The number of rotatable bonds is 5. The Bertz CT molecular complexity index is 396. The van der Waals surface area contributed by atoms with E-state index in [0.29, 0.717) is 6.61 Å². The molecule has 0 spiro atoms. The first-order chi connectivity index (χ1) is 8.09. The van der Waals surface area contributed by atoms with E-state index in [0.717, 1.165) is 12.2 Å². The molecule has 3 nitrogen and oxygen atoms in total. The summed E-state index contributed by atoms with van der Waals surface area (Å²) >= 11 is 0. The van der Waals surface area contributed by atoms with Gasteiger partial charge in [-0.15, -0.1) is 0 Å². The average Bonchev–Trinajstić information content (AvgIpc) is 2.52. The maximum absolute atomic E-state index is 12.5. The normalized spacial score (nSPS) is 13.1. The first-order valence-corrected chi connectivity index (χ1v) is 9.49. The fraction of sp³-hybridized carbons (Fsp3) is 0.727. The Morgan fingerprint density at radius 2 is 1.94 bits per heavy atom. The smallest absolute Gasteiger partial charge is 0.360 e. The lowest BCUT2D eigenvalue weighted by molar-refractivity contribution is -0.138. The fourth-order valence-electron chi connectivity index (χ4n) is 1.40. The Hall–Kier alpha value is -0.823. The number of alkyl halides is 3. The fourth-order valence-corrected chi connectivity index (χ4v) is 2.16. The molecule has 7 heteroatoms. The van der Waals surface area contributed by atoms with E-state index in [1.807, 2.05) is 0 Å². The molecule has 1 aromatic rings. The van der Waals surface area contributed by atoms with E-state index in [2.05, 4.69) is 24.7 Å². The maximum Gasteiger partial charge on any atom is 0.419 e. The summed E-state index contributed by atoms with van der Waals surface area (Å²) in [5.74, 6) is 0. The van der Waals surface area contributed by atoms with Crippen molar-refractivity contribution in [2.75, 3.05) is 6.61 Å². The highest BCUT2D eigenvalue weighted by atomic mass is 28.3. The monoisotopic (exact) mass is 280 g/mol. The first-order valence-electron chi connectivity index (χ1n) is 5.78. The summed E-state index contributed by atoms with van der Waals surface area (Å²) < 4.78 is 44.1. The highest BCUT2D eigenvalue weighted by molar-refractivity contribution is 6.76.